The van der Waals surface area contributed by atoms with Crippen molar-refractivity contribution < 1.29 is 16.5 Å². The standard InChI is InChI=1S/3H3N.Ni/h3*1H3;/q;;;+2. The first-order valence-electron chi connectivity index (χ1n) is 0. The predicted molar refractivity (Wildman–Crippen MR) is 15.1 cm³/mol. The zero-order chi connectivity index (χ0) is 0. The maximum Gasteiger partial charge on any atom is 2.00 e. The van der Waals surface area contributed by atoms with Crippen LogP contribution in [0.3, 0.4) is 0 Å². The summed E-state index contributed by atoms with van der Waals surface area (Å²) in [6.45, 7) is 0. The third-order valence-corrected chi connectivity index (χ3v) is 0. The van der Waals surface area contributed by atoms with Gasteiger partial charge in [-0.2, -0.15) is 0 Å². The van der Waals surface area contributed by atoms with Gasteiger partial charge >= 0.3 is 16.5 Å². The van der Waals surface area contributed by atoms with Gasteiger partial charge in [-0.05, 0) is 0 Å². The summed E-state index contributed by atoms with van der Waals surface area (Å²) < 4.78 is 0. The van der Waals surface area contributed by atoms with E-state index in [9.17, 15) is 0 Å². The molecular weight excluding hydrogens is 101 g/mol. The van der Waals surface area contributed by atoms with Crippen LogP contribution in [0.1, 0.15) is 0 Å². The molecule has 3 nitrogen and oxygen atoms in total. The second-order valence-corrected chi connectivity index (χ2v) is 0. The van der Waals surface area contributed by atoms with Gasteiger partial charge in [-0.3, -0.25) is 0 Å². The molecule has 4 heteroatoms. The van der Waals surface area contributed by atoms with Crippen LogP contribution in [-0.2, 0) is 16.5 Å². The Morgan fingerprint density at radius 2 is 0.500 bits per heavy atom. The molecule has 0 atom stereocenters. The van der Waals surface area contributed by atoms with Gasteiger partial charge in [0.05, 0.1) is 0 Å². The molecule has 0 spiro atoms. The molecule has 0 aromatic carbocycles. The average Bonchev–Trinajstić information content (AvgIpc) is 0. The number of rotatable bonds is 0. The Kier molecular flexibility index (Phi) is 12200. The van der Waals surface area contributed by atoms with E-state index in [4.69, 9.17) is 0 Å². The largest absolute Gasteiger partial charge is 2.00 e. The Morgan fingerprint density at radius 1 is 0.500 bits per heavy atom. The molecule has 4 heavy (non-hydrogen) atoms. The first-order valence-corrected chi connectivity index (χ1v) is 0. The van der Waals surface area contributed by atoms with E-state index >= 15 is 0 Å². The van der Waals surface area contributed by atoms with Crippen LogP contribution in [0.2, 0.25) is 0 Å². The van der Waals surface area contributed by atoms with Crippen LogP contribution in [0, 0.1) is 0 Å². The van der Waals surface area contributed by atoms with E-state index in [0.29, 0.717) is 0 Å². The molecule has 0 saturated heterocycles. The van der Waals surface area contributed by atoms with Gasteiger partial charge in [0, 0.05) is 0 Å². The molecular formula is H9N3Ni+2. The van der Waals surface area contributed by atoms with Gasteiger partial charge in [-0.1, -0.05) is 0 Å². The van der Waals surface area contributed by atoms with Gasteiger partial charge in [-0.15, -0.1) is 0 Å². The van der Waals surface area contributed by atoms with Crippen LogP contribution >= 0.6 is 0 Å². The minimum Gasteiger partial charge on any atom is -0.344 e. The predicted octanol–water partition coefficient (Wildman–Crippen LogP) is 0.483. The number of hydrogen-bond donors (Lipinski definition) is 3. The van der Waals surface area contributed by atoms with Gasteiger partial charge in [0.1, 0.15) is 0 Å². The van der Waals surface area contributed by atoms with Crippen molar-refractivity contribution in [2.75, 3.05) is 0 Å². The average molecular weight is 110 g/mol. The van der Waals surface area contributed by atoms with E-state index in [2.05, 4.69) is 0 Å². The van der Waals surface area contributed by atoms with E-state index in [1.807, 2.05) is 0 Å². The molecule has 0 saturated carbocycles. The SMILES string of the molecule is N.N.N.[Ni+2]. The minimum absolute atomic E-state index is 0. The summed E-state index contributed by atoms with van der Waals surface area (Å²) in [4.78, 5) is 0. The Labute approximate surface area is 35.8 Å². The molecule has 0 rings (SSSR count). The van der Waals surface area contributed by atoms with Gasteiger partial charge < -0.3 is 18.5 Å². The Hall–Kier alpha value is 0.374. The van der Waals surface area contributed by atoms with Crippen molar-refractivity contribution in [3.05, 3.63) is 0 Å². The van der Waals surface area contributed by atoms with Crippen molar-refractivity contribution in [2.24, 2.45) is 0 Å². The molecule has 0 aromatic rings. The third-order valence-electron chi connectivity index (χ3n) is 0. The molecule has 0 unspecified atom stereocenters. The summed E-state index contributed by atoms with van der Waals surface area (Å²) >= 11 is 0. The maximum absolute atomic E-state index is 0. The molecule has 32 valence electrons. The second kappa shape index (κ2) is 136. The minimum atomic E-state index is 0. The van der Waals surface area contributed by atoms with Crippen LogP contribution in [0.25, 0.3) is 0 Å². The van der Waals surface area contributed by atoms with Gasteiger partial charge in [0.2, 0.25) is 0 Å². The Bertz CT molecular complexity index is 3.25. The zero-order valence-electron chi connectivity index (χ0n) is 2.44. The Morgan fingerprint density at radius 3 is 0.500 bits per heavy atom. The summed E-state index contributed by atoms with van der Waals surface area (Å²) in [6.07, 6.45) is 0. The summed E-state index contributed by atoms with van der Waals surface area (Å²) in [7, 11) is 0. The van der Waals surface area contributed by atoms with E-state index < -0.39 is 0 Å². The fraction of sp³-hybridized carbons (Fsp3) is 0. The quantitative estimate of drug-likeness (QED) is 0.394. The fourth-order valence-corrected chi connectivity index (χ4v) is 0. The monoisotopic (exact) mass is 109 g/mol. The zero-order valence-corrected chi connectivity index (χ0v) is 3.43. The summed E-state index contributed by atoms with van der Waals surface area (Å²) in [6, 6.07) is 0. The first kappa shape index (κ1) is 357. The van der Waals surface area contributed by atoms with Crippen LogP contribution in [0.15, 0.2) is 0 Å². The molecule has 0 heterocycles. The molecule has 9 N–H and O–H groups in total. The van der Waals surface area contributed by atoms with Gasteiger partial charge in [0.25, 0.3) is 0 Å². The van der Waals surface area contributed by atoms with Gasteiger partial charge in [0.15, 0.2) is 0 Å². The van der Waals surface area contributed by atoms with Crippen LogP contribution < -0.4 is 18.5 Å². The molecule has 0 aliphatic carbocycles. The van der Waals surface area contributed by atoms with E-state index in [1.54, 1.807) is 0 Å². The van der Waals surface area contributed by atoms with Crippen molar-refractivity contribution in [2.45, 2.75) is 0 Å². The van der Waals surface area contributed by atoms with E-state index in [0.717, 1.165) is 0 Å². The van der Waals surface area contributed by atoms with Crippen molar-refractivity contribution >= 4 is 0 Å². The molecule has 0 fully saturated rings. The van der Waals surface area contributed by atoms with Crippen molar-refractivity contribution in [3.63, 3.8) is 0 Å². The molecule has 0 aromatic heterocycles. The van der Waals surface area contributed by atoms with Crippen LogP contribution in [0.4, 0.5) is 0 Å². The van der Waals surface area contributed by atoms with Crippen molar-refractivity contribution in [3.8, 4) is 0 Å². The van der Waals surface area contributed by atoms with Crippen molar-refractivity contribution in [1.29, 1.82) is 0 Å². The molecule has 0 amide bonds. The fourth-order valence-electron chi connectivity index (χ4n) is 0. The van der Waals surface area contributed by atoms with Crippen LogP contribution in [0.5, 0.6) is 0 Å². The maximum atomic E-state index is 0. The topological polar surface area (TPSA) is 105 Å². The smallest absolute Gasteiger partial charge is 0.344 e. The molecule has 0 radical (unpaired) electrons. The summed E-state index contributed by atoms with van der Waals surface area (Å²) in [5, 5.41) is 0. The van der Waals surface area contributed by atoms with Crippen molar-refractivity contribution in [1.82, 2.24) is 18.5 Å². The Balaban J connectivity index is 0. The first-order chi connectivity index (χ1) is 0. The van der Waals surface area contributed by atoms with Crippen LogP contribution in [-0.4, -0.2) is 0 Å². The second-order valence-electron chi connectivity index (χ2n) is 0. The summed E-state index contributed by atoms with van der Waals surface area (Å²) in [5.41, 5.74) is 0. The molecule has 0 aliphatic rings. The molecule has 0 bridgehead atoms. The van der Waals surface area contributed by atoms with E-state index in [1.165, 1.54) is 0 Å². The van der Waals surface area contributed by atoms with Gasteiger partial charge in [-0.25, -0.2) is 0 Å². The number of hydrogen-bond acceptors (Lipinski definition) is 3. The summed E-state index contributed by atoms with van der Waals surface area (Å²) in [5.74, 6) is 0. The normalized spacial score (nSPS) is 0. The van der Waals surface area contributed by atoms with E-state index in [-0.39, 0.29) is 34.9 Å². The molecule has 0 aliphatic heterocycles. The third kappa shape index (κ3) is 32.1.